The maximum Gasteiger partial charge on any atom is 0.251 e. The van der Waals surface area contributed by atoms with Gasteiger partial charge in [0.2, 0.25) is 5.95 Å². The first-order chi connectivity index (χ1) is 16.2. The number of anilines is 3. The highest BCUT2D eigenvalue weighted by molar-refractivity contribution is 5.94. The fraction of sp³-hybridized carbons (Fsp3) is 0.261. The number of rotatable bonds is 8. The van der Waals surface area contributed by atoms with Crippen LogP contribution in [0.25, 0.3) is 21.7 Å². The summed E-state index contributed by atoms with van der Waals surface area (Å²) in [6.07, 6.45) is 1.70. The van der Waals surface area contributed by atoms with Gasteiger partial charge in [0.25, 0.3) is 5.91 Å². The molecule has 1 aliphatic rings. The van der Waals surface area contributed by atoms with E-state index in [2.05, 4.69) is 47.7 Å². The van der Waals surface area contributed by atoms with Crippen LogP contribution in [0.3, 0.4) is 0 Å². The summed E-state index contributed by atoms with van der Waals surface area (Å²) in [7, 11) is 0. The molecule has 33 heavy (non-hydrogen) atoms. The van der Waals surface area contributed by atoms with Gasteiger partial charge in [-0.15, -0.1) is 0 Å². The Morgan fingerprint density at radius 2 is 1.85 bits per heavy atom. The molecule has 1 amide bonds. The summed E-state index contributed by atoms with van der Waals surface area (Å²) >= 11 is 0. The van der Waals surface area contributed by atoms with E-state index in [1.165, 1.54) is 5.69 Å². The molecule has 1 saturated heterocycles. The minimum absolute atomic E-state index is 0.215. The fourth-order valence-corrected chi connectivity index (χ4v) is 3.44. The van der Waals surface area contributed by atoms with Crippen LogP contribution in [-0.4, -0.2) is 55.3 Å². The van der Waals surface area contributed by atoms with Crippen molar-refractivity contribution >= 4 is 23.2 Å². The first kappa shape index (κ1) is 22.1. The molecule has 10 nitrogen and oxygen atoms in total. The molecule has 0 bridgehead atoms. The van der Waals surface area contributed by atoms with Crippen molar-refractivity contribution in [1.29, 1.82) is 0 Å². The Hall–Kier alpha value is -4.14. The Morgan fingerprint density at radius 1 is 1.09 bits per heavy atom. The van der Waals surface area contributed by atoms with Gasteiger partial charge in [0, 0.05) is 59.8 Å². The van der Waals surface area contributed by atoms with E-state index in [0.717, 1.165) is 43.2 Å². The van der Waals surface area contributed by atoms with Crippen LogP contribution in [0.1, 0.15) is 10.4 Å². The van der Waals surface area contributed by atoms with E-state index < -0.39 is 0 Å². The van der Waals surface area contributed by atoms with Crippen molar-refractivity contribution in [3.8, 4) is 11.3 Å². The van der Waals surface area contributed by atoms with Gasteiger partial charge in [-0.2, -0.15) is 0 Å². The number of benzene rings is 2. The normalized spacial score (nSPS) is 13.2. The second-order valence-corrected chi connectivity index (χ2v) is 7.32. The SMILES string of the molecule is [N-]=[N+]=NCCNC(=O)c1ccc(-c2ccnc(Nc3ccc(N4CCOCC4)cc3)n2)cc1. The zero-order valence-corrected chi connectivity index (χ0v) is 18.0. The zero-order chi connectivity index (χ0) is 22.9. The number of nitrogens with zero attached hydrogens (tertiary/aromatic N) is 6. The maximum atomic E-state index is 12.1. The fourth-order valence-electron chi connectivity index (χ4n) is 3.44. The molecule has 1 fully saturated rings. The topological polar surface area (TPSA) is 128 Å². The van der Waals surface area contributed by atoms with Crippen LogP contribution in [0.2, 0.25) is 0 Å². The van der Waals surface area contributed by atoms with Crippen LogP contribution < -0.4 is 15.5 Å². The molecule has 0 unspecified atom stereocenters. The van der Waals surface area contributed by atoms with Gasteiger partial charge in [-0.25, -0.2) is 9.97 Å². The molecule has 168 valence electrons. The number of nitrogens with one attached hydrogen (secondary N) is 2. The highest BCUT2D eigenvalue weighted by Crippen LogP contribution is 2.23. The molecule has 10 heteroatoms. The number of carbonyl (C=O) groups is 1. The Labute approximate surface area is 191 Å². The first-order valence-electron chi connectivity index (χ1n) is 10.7. The molecule has 2 aromatic carbocycles. The molecule has 0 atom stereocenters. The van der Waals surface area contributed by atoms with Crippen LogP contribution in [0, 0.1) is 0 Å². The summed E-state index contributed by atoms with van der Waals surface area (Å²) in [5.74, 6) is 0.270. The monoisotopic (exact) mass is 444 g/mol. The highest BCUT2D eigenvalue weighted by Gasteiger charge is 2.11. The number of morpholine rings is 1. The second kappa shape index (κ2) is 10.9. The van der Waals surface area contributed by atoms with Crippen molar-refractivity contribution < 1.29 is 9.53 Å². The number of hydrogen-bond acceptors (Lipinski definition) is 7. The summed E-state index contributed by atoms with van der Waals surface area (Å²) < 4.78 is 5.41. The summed E-state index contributed by atoms with van der Waals surface area (Å²) in [6.45, 7) is 3.81. The average Bonchev–Trinajstić information content (AvgIpc) is 2.88. The highest BCUT2D eigenvalue weighted by atomic mass is 16.5. The summed E-state index contributed by atoms with van der Waals surface area (Å²) in [4.78, 5) is 26.0. The Kier molecular flexibility index (Phi) is 7.32. The molecule has 3 aromatic rings. The van der Waals surface area contributed by atoms with Gasteiger partial charge in [0.1, 0.15) is 0 Å². The lowest BCUT2D eigenvalue weighted by atomic mass is 10.1. The van der Waals surface area contributed by atoms with Crippen LogP contribution in [0.5, 0.6) is 0 Å². The van der Waals surface area contributed by atoms with Crippen molar-refractivity contribution in [2.75, 3.05) is 49.6 Å². The molecule has 0 saturated carbocycles. The molecule has 0 radical (unpaired) electrons. The van der Waals surface area contributed by atoms with Crippen molar-refractivity contribution in [3.05, 3.63) is 76.8 Å². The van der Waals surface area contributed by atoms with E-state index in [0.29, 0.717) is 18.1 Å². The Bertz CT molecular complexity index is 1120. The minimum atomic E-state index is -0.222. The van der Waals surface area contributed by atoms with Crippen molar-refractivity contribution in [3.63, 3.8) is 0 Å². The molecule has 4 rings (SSSR count). The molecule has 1 aromatic heterocycles. The van der Waals surface area contributed by atoms with Gasteiger partial charge in [0.15, 0.2) is 0 Å². The van der Waals surface area contributed by atoms with Gasteiger partial charge >= 0.3 is 0 Å². The van der Waals surface area contributed by atoms with Gasteiger partial charge in [-0.1, -0.05) is 17.2 Å². The van der Waals surface area contributed by atoms with E-state index in [1.807, 2.05) is 30.3 Å². The lowest BCUT2D eigenvalue weighted by molar-refractivity contribution is 0.0955. The number of azide groups is 1. The van der Waals surface area contributed by atoms with Gasteiger partial charge in [0.05, 0.1) is 18.9 Å². The van der Waals surface area contributed by atoms with Crippen molar-refractivity contribution in [1.82, 2.24) is 15.3 Å². The average molecular weight is 444 g/mol. The number of hydrogen-bond donors (Lipinski definition) is 2. The van der Waals surface area contributed by atoms with Gasteiger partial charge in [-0.05, 0) is 48.0 Å². The third-order valence-corrected chi connectivity index (χ3v) is 5.16. The van der Waals surface area contributed by atoms with Gasteiger partial charge < -0.3 is 20.3 Å². The maximum absolute atomic E-state index is 12.1. The molecule has 2 heterocycles. The van der Waals surface area contributed by atoms with E-state index in [1.54, 1.807) is 18.3 Å². The second-order valence-electron chi connectivity index (χ2n) is 7.32. The molecular weight excluding hydrogens is 420 g/mol. The third-order valence-electron chi connectivity index (χ3n) is 5.16. The summed E-state index contributed by atoms with van der Waals surface area (Å²) in [5.41, 5.74) is 12.5. The first-order valence-corrected chi connectivity index (χ1v) is 10.7. The third kappa shape index (κ3) is 5.97. The summed E-state index contributed by atoms with van der Waals surface area (Å²) in [6, 6.07) is 17.1. The number of amides is 1. The molecular formula is C23H24N8O2. The molecule has 0 aliphatic carbocycles. The quantitative estimate of drug-likeness (QED) is 0.236. The number of carbonyl (C=O) groups excluding carboxylic acids is 1. The smallest absolute Gasteiger partial charge is 0.251 e. The molecule has 0 spiro atoms. The summed E-state index contributed by atoms with van der Waals surface area (Å²) in [5, 5.41) is 9.34. The van der Waals surface area contributed by atoms with E-state index in [4.69, 9.17) is 10.3 Å². The van der Waals surface area contributed by atoms with Gasteiger partial charge in [-0.3, -0.25) is 4.79 Å². The Balaban J connectivity index is 1.39. The van der Waals surface area contributed by atoms with Crippen LogP contribution in [0.15, 0.2) is 65.9 Å². The lowest BCUT2D eigenvalue weighted by Crippen LogP contribution is -2.36. The van der Waals surface area contributed by atoms with Crippen molar-refractivity contribution in [2.24, 2.45) is 5.11 Å². The van der Waals surface area contributed by atoms with Crippen LogP contribution in [0.4, 0.5) is 17.3 Å². The minimum Gasteiger partial charge on any atom is -0.378 e. The number of aromatic nitrogens is 2. The standard InChI is InChI=1S/C23H24N8O2/c24-30-27-12-11-25-22(32)18-3-1-17(2-4-18)21-9-10-26-23(29-21)28-19-5-7-20(8-6-19)31-13-15-33-16-14-31/h1-10H,11-16H2,(H,25,32)(H,26,28,29). The van der Waals surface area contributed by atoms with Crippen LogP contribution >= 0.6 is 0 Å². The van der Waals surface area contributed by atoms with E-state index >= 15 is 0 Å². The van der Waals surface area contributed by atoms with Crippen molar-refractivity contribution in [2.45, 2.75) is 0 Å². The molecule has 2 N–H and O–H groups in total. The predicted octanol–water partition coefficient (Wildman–Crippen LogP) is 3.76. The number of ether oxygens (including phenoxy) is 1. The zero-order valence-electron chi connectivity index (χ0n) is 18.0. The lowest BCUT2D eigenvalue weighted by Gasteiger charge is -2.28. The molecule has 1 aliphatic heterocycles. The largest absolute Gasteiger partial charge is 0.378 e. The van der Waals surface area contributed by atoms with E-state index in [9.17, 15) is 4.79 Å². The Morgan fingerprint density at radius 3 is 2.58 bits per heavy atom. The predicted molar refractivity (Wildman–Crippen MR) is 127 cm³/mol. The van der Waals surface area contributed by atoms with Crippen LogP contribution in [-0.2, 0) is 4.74 Å². The van der Waals surface area contributed by atoms with E-state index in [-0.39, 0.29) is 12.5 Å².